The number of unbranched alkanes of at least 4 members (excludes halogenated alkanes) is 3. The van der Waals surface area contributed by atoms with Gasteiger partial charge in [0.25, 0.3) is 0 Å². The van der Waals surface area contributed by atoms with Crippen LogP contribution < -0.4 is 11.1 Å². The van der Waals surface area contributed by atoms with Crippen LogP contribution in [0, 0.1) is 0 Å². The standard InChI is InChI=1S/C14H21ClN2S2/c1-19-9-5-3-2-4-8-17-13-10-11(15)6-7-12(13)14(16)18/h6-7,10,17H,2-5,8-9H2,1H3,(H2,16,18). The molecule has 1 aromatic rings. The number of hydrogen-bond donors (Lipinski definition) is 2. The summed E-state index contributed by atoms with van der Waals surface area (Å²) in [7, 11) is 0. The zero-order valence-corrected chi connectivity index (χ0v) is 13.6. The summed E-state index contributed by atoms with van der Waals surface area (Å²) in [6.07, 6.45) is 7.14. The fraction of sp³-hybridized carbons (Fsp3) is 0.500. The van der Waals surface area contributed by atoms with Gasteiger partial charge in [-0.25, -0.2) is 0 Å². The molecule has 0 saturated heterocycles. The number of nitrogens with two attached hydrogens (primary N) is 1. The summed E-state index contributed by atoms with van der Waals surface area (Å²) < 4.78 is 0. The number of nitrogens with one attached hydrogen (secondary N) is 1. The molecular weight excluding hydrogens is 296 g/mol. The first-order valence-electron chi connectivity index (χ1n) is 6.47. The van der Waals surface area contributed by atoms with Gasteiger partial charge in [0.1, 0.15) is 4.99 Å². The van der Waals surface area contributed by atoms with Crippen molar-refractivity contribution >= 4 is 46.3 Å². The van der Waals surface area contributed by atoms with E-state index in [1.54, 1.807) is 0 Å². The van der Waals surface area contributed by atoms with Gasteiger partial charge in [0, 0.05) is 22.8 Å². The van der Waals surface area contributed by atoms with Crippen LogP contribution in [0.5, 0.6) is 0 Å². The average molecular weight is 317 g/mol. The summed E-state index contributed by atoms with van der Waals surface area (Å²) in [5.74, 6) is 1.26. The lowest BCUT2D eigenvalue weighted by Crippen LogP contribution is -2.13. The predicted octanol–water partition coefficient (Wildman–Crippen LogP) is 4.31. The molecule has 0 aliphatic rings. The van der Waals surface area contributed by atoms with Gasteiger partial charge in [-0.3, -0.25) is 0 Å². The summed E-state index contributed by atoms with van der Waals surface area (Å²) >= 11 is 12.9. The molecule has 0 spiro atoms. The van der Waals surface area contributed by atoms with E-state index >= 15 is 0 Å². The van der Waals surface area contributed by atoms with Crippen LogP contribution in [0.2, 0.25) is 5.02 Å². The van der Waals surface area contributed by atoms with Crippen LogP contribution in [0.3, 0.4) is 0 Å². The summed E-state index contributed by atoms with van der Waals surface area (Å²) in [5.41, 5.74) is 7.49. The minimum absolute atomic E-state index is 0.402. The maximum absolute atomic E-state index is 5.99. The summed E-state index contributed by atoms with van der Waals surface area (Å²) in [4.78, 5) is 0.402. The van der Waals surface area contributed by atoms with Gasteiger partial charge in [-0.1, -0.05) is 36.7 Å². The molecule has 0 radical (unpaired) electrons. The van der Waals surface area contributed by atoms with Crippen molar-refractivity contribution in [2.75, 3.05) is 23.9 Å². The van der Waals surface area contributed by atoms with Gasteiger partial charge in [0.2, 0.25) is 0 Å². The van der Waals surface area contributed by atoms with E-state index in [4.69, 9.17) is 29.6 Å². The van der Waals surface area contributed by atoms with E-state index in [-0.39, 0.29) is 0 Å². The normalized spacial score (nSPS) is 10.4. The molecule has 106 valence electrons. The van der Waals surface area contributed by atoms with E-state index in [0.29, 0.717) is 10.0 Å². The molecule has 0 heterocycles. The van der Waals surface area contributed by atoms with Crippen molar-refractivity contribution in [3.8, 4) is 0 Å². The first-order valence-corrected chi connectivity index (χ1v) is 8.65. The Morgan fingerprint density at radius 2 is 2.05 bits per heavy atom. The zero-order valence-electron chi connectivity index (χ0n) is 11.2. The fourth-order valence-electron chi connectivity index (χ4n) is 1.83. The van der Waals surface area contributed by atoms with Gasteiger partial charge in [-0.15, -0.1) is 0 Å². The first kappa shape index (κ1) is 16.6. The SMILES string of the molecule is CSCCCCCCNc1cc(Cl)ccc1C(N)=S. The fourth-order valence-corrected chi connectivity index (χ4v) is 2.67. The smallest absolute Gasteiger partial charge is 0.106 e. The Labute approximate surface area is 130 Å². The second-order valence-corrected chi connectivity index (χ2v) is 6.25. The van der Waals surface area contributed by atoms with Gasteiger partial charge in [0.05, 0.1) is 0 Å². The Kier molecular flexibility index (Phi) is 8.26. The van der Waals surface area contributed by atoms with Gasteiger partial charge < -0.3 is 11.1 Å². The van der Waals surface area contributed by atoms with E-state index in [9.17, 15) is 0 Å². The van der Waals surface area contributed by atoms with Crippen LogP contribution in [0.1, 0.15) is 31.2 Å². The minimum atomic E-state index is 0.402. The largest absolute Gasteiger partial charge is 0.389 e. The van der Waals surface area contributed by atoms with Crippen LogP contribution >= 0.6 is 35.6 Å². The molecule has 0 saturated carbocycles. The third-order valence-corrected chi connectivity index (χ3v) is 3.99. The summed E-state index contributed by atoms with van der Waals surface area (Å²) in [6.45, 7) is 0.926. The Morgan fingerprint density at radius 1 is 1.32 bits per heavy atom. The molecule has 0 fully saturated rings. The molecule has 5 heteroatoms. The van der Waals surface area contributed by atoms with Crippen molar-refractivity contribution in [2.24, 2.45) is 5.73 Å². The number of thioether (sulfide) groups is 1. The highest BCUT2D eigenvalue weighted by atomic mass is 35.5. The second kappa shape index (κ2) is 9.45. The second-order valence-electron chi connectivity index (χ2n) is 4.39. The predicted molar refractivity (Wildman–Crippen MR) is 92.7 cm³/mol. The van der Waals surface area contributed by atoms with Crippen LogP contribution in [0.4, 0.5) is 5.69 Å². The van der Waals surface area contributed by atoms with Crippen molar-refractivity contribution in [3.63, 3.8) is 0 Å². The van der Waals surface area contributed by atoms with Gasteiger partial charge in [-0.2, -0.15) is 11.8 Å². The lowest BCUT2D eigenvalue weighted by Gasteiger charge is -2.11. The highest BCUT2D eigenvalue weighted by molar-refractivity contribution is 7.98. The third kappa shape index (κ3) is 6.50. The van der Waals surface area contributed by atoms with E-state index in [2.05, 4.69) is 11.6 Å². The lowest BCUT2D eigenvalue weighted by molar-refractivity contribution is 0.689. The van der Waals surface area contributed by atoms with Crippen LogP contribution in [0.15, 0.2) is 18.2 Å². The van der Waals surface area contributed by atoms with Crippen LogP contribution in [0.25, 0.3) is 0 Å². The molecular formula is C14H21ClN2S2. The Balaban J connectivity index is 2.36. The van der Waals surface area contributed by atoms with E-state index < -0.39 is 0 Å². The van der Waals surface area contributed by atoms with E-state index in [0.717, 1.165) is 24.2 Å². The molecule has 1 rings (SSSR count). The molecule has 0 bridgehead atoms. The van der Waals surface area contributed by atoms with Crippen molar-refractivity contribution in [1.82, 2.24) is 0 Å². The van der Waals surface area contributed by atoms with Crippen molar-refractivity contribution in [2.45, 2.75) is 25.7 Å². The maximum Gasteiger partial charge on any atom is 0.106 e. The highest BCUT2D eigenvalue weighted by Crippen LogP contribution is 2.21. The highest BCUT2D eigenvalue weighted by Gasteiger charge is 2.05. The molecule has 1 aromatic carbocycles. The Hall–Kier alpha value is -0.450. The molecule has 19 heavy (non-hydrogen) atoms. The zero-order chi connectivity index (χ0) is 14.1. The number of thiocarbonyl (C=S) groups is 1. The number of anilines is 1. The maximum atomic E-state index is 5.99. The third-order valence-electron chi connectivity index (χ3n) is 2.84. The minimum Gasteiger partial charge on any atom is -0.389 e. The number of hydrogen-bond acceptors (Lipinski definition) is 3. The lowest BCUT2D eigenvalue weighted by atomic mass is 10.1. The van der Waals surface area contributed by atoms with Crippen molar-refractivity contribution in [3.05, 3.63) is 28.8 Å². The summed E-state index contributed by atoms with van der Waals surface area (Å²) in [6, 6.07) is 5.55. The molecule has 0 amide bonds. The molecule has 0 atom stereocenters. The summed E-state index contributed by atoms with van der Waals surface area (Å²) in [5, 5.41) is 4.07. The quantitative estimate of drug-likeness (QED) is 0.526. The van der Waals surface area contributed by atoms with E-state index in [1.165, 1.54) is 25.0 Å². The Morgan fingerprint density at radius 3 is 2.74 bits per heavy atom. The molecule has 3 N–H and O–H groups in total. The van der Waals surface area contributed by atoms with Crippen molar-refractivity contribution in [1.29, 1.82) is 0 Å². The molecule has 0 aliphatic carbocycles. The van der Waals surface area contributed by atoms with Crippen LogP contribution in [-0.2, 0) is 0 Å². The first-order chi connectivity index (χ1) is 9.15. The van der Waals surface area contributed by atoms with Crippen molar-refractivity contribution < 1.29 is 0 Å². The molecule has 0 unspecified atom stereocenters. The van der Waals surface area contributed by atoms with Gasteiger partial charge in [-0.05, 0) is 43.0 Å². The van der Waals surface area contributed by atoms with E-state index in [1.807, 2.05) is 30.0 Å². The van der Waals surface area contributed by atoms with Crippen LogP contribution in [-0.4, -0.2) is 23.5 Å². The number of benzene rings is 1. The topological polar surface area (TPSA) is 38.0 Å². The number of rotatable bonds is 9. The monoisotopic (exact) mass is 316 g/mol. The number of halogens is 1. The molecule has 2 nitrogen and oxygen atoms in total. The average Bonchev–Trinajstić information content (AvgIpc) is 2.37. The van der Waals surface area contributed by atoms with Gasteiger partial charge in [0.15, 0.2) is 0 Å². The molecule has 0 aromatic heterocycles. The Bertz CT molecular complexity index is 410. The van der Waals surface area contributed by atoms with Gasteiger partial charge >= 0.3 is 0 Å². The molecule has 0 aliphatic heterocycles.